The number of carbonyl (C=O) groups is 1. The molecule has 29 heavy (non-hydrogen) atoms. The third-order valence-corrected chi connectivity index (χ3v) is 5.17. The Labute approximate surface area is 166 Å². The molecule has 1 fully saturated rings. The first kappa shape index (κ1) is 17.5. The molecular formula is C22H20N4O3. The Balaban J connectivity index is 1.34. The molecule has 0 aliphatic heterocycles. The minimum atomic E-state index is -0.168. The zero-order chi connectivity index (χ0) is 19.8. The fourth-order valence-corrected chi connectivity index (χ4v) is 3.60. The van der Waals surface area contributed by atoms with Crippen LogP contribution in [0.3, 0.4) is 0 Å². The van der Waals surface area contributed by atoms with Gasteiger partial charge in [0, 0.05) is 18.2 Å². The van der Waals surface area contributed by atoms with E-state index in [1.807, 2.05) is 36.4 Å². The average Bonchev–Trinajstić information content (AvgIpc) is 3.32. The number of nitrogens with one attached hydrogen (secondary N) is 1. The number of carbonyl (C=O) groups excluding carboxylic acids is 1. The molecule has 5 rings (SSSR count). The van der Waals surface area contributed by atoms with Crippen LogP contribution in [0.4, 0.5) is 0 Å². The summed E-state index contributed by atoms with van der Waals surface area (Å²) in [5, 5.41) is 9.28. The minimum absolute atomic E-state index is 0.164. The number of nitrogens with zero attached hydrogens (tertiary/aromatic N) is 3. The molecule has 1 saturated carbocycles. The predicted octanol–water partition coefficient (Wildman–Crippen LogP) is 3.22. The molecule has 1 N–H and O–H groups in total. The standard InChI is InChI=1S/C22H20N4O3/c27-21(18-8-3-6-15-5-1-2-7-17(15)18)23-12-13-25-22(28)26(16-10-11-16)20(24-25)19-9-4-14-29-19/h1-9,14,16H,10-13H2,(H,23,27). The Morgan fingerprint density at radius 2 is 1.93 bits per heavy atom. The molecule has 1 aliphatic carbocycles. The first-order chi connectivity index (χ1) is 14.2. The molecule has 146 valence electrons. The quantitative estimate of drug-likeness (QED) is 0.550. The Hall–Kier alpha value is -3.61. The maximum absolute atomic E-state index is 12.8. The molecule has 0 unspecified atom stereocenters. The van der Waals surface area contributed by atoms with E-state index < -0.39 is 0 Å². The minimum Gasteiger partial charge on any atom is -0.461 e. The largest absolute Gasteiger partial charge is 0.461 e. The summed E-state index contributed by atoms with van der Waals surface area (Å²) in [5.41, 5.74) is 0.452. The van der Waals surface area contributed by atoms with E-state index in [0.717, 1.165) is 23.6 Å². The van der Waals surface area contributed by atoms with Gasteiger partial charge in [0.2, 0.25) is 5.82 Å². The normalized spacial score (nSPS) is 13.7. The van der Waals surface area contributed by atoms with Crippen LogP contribution in [0.15, 0.2) is 70.1 Å². The molecule has 1 aliphatic rings. The van der Waals surface area contributed by atoms with Gasteiger partial charge in [-0.25, -0.2) is 9.48 Å². The lowest BCUT2D eigenvalue weighted by Crippen LogP contribution is -2.32. The number of hydrogen-bond acceptors (Lipinski definition) is 4. The van der Waals surface area contributed by atoms with E-state index in [9.17, 15) is 9.59 Å². The van der Waals surface area contributed by atoms with E-state index in [1.54, 1.807) is 29.0 Å². The first-order valence-electron chi connectivity index (χ1n) is 9.71. The zero-order valence-electron chi connectivity index (χ0n) is 15.7. The Kier molecular flexibility index (Phi) is 4.27. The van der Waals surface area contributed by atoms with Crippen LogP contribution in [0, 0.1) is 0 Å². The van der Waals surface area contributed by atoms with Crippen molar-refractivity contribution in [2.75, 3.05) is 6.54 Å². The van der Waals surface area contributed by atoms with Crippen molar-refractivity contribution in [3.05, 3.63) is 76.9 Å². The molecule has 7 nitrogen and oxygen atoms in total. The second kappa shape index (κ2) is 7.09. The number of hydrogen-bond donors (Lipinski definition) is 1. The summed E-state index contributed by atoms with van der Waals surface area (Å²) in [6.07, 6.45) is 3.51. The number of furan rings is 1. The van der Waals surface area contributed by atoms with Gasteiger partial charge in [-0.15, -0.1) is 5.10 Å². The van der Waals surface area contributed by atoms with Gasteiger partial charge < -0.3 is 9.73 Å². The molecule has 7 heteroatoms. The van der Waals surface area contributed by atoms with Gasteiger partial charge in [0.15, 0.2) is 5.76 Å². The van der Waals surface area contributed by atoms with Crippen molar-refractivity contribution >= 4 is 16.7 Å². The van der Waals surface area contributed by atoms with Gasteiger partial charge in [0.1, 0.15) is 0 Å². The maximum Gasteiger partial charge on any atom is 0.346 e. The van der Waals surface area contributed by atoms with Gasteiger partial charge in [0.05, 0.1) is 12.8 Å². The van der Waals surface area contributed by atoms with Crippen molar-refractivity contribution < 1.29 is 9.21 Å². The summed E-state index contributed by atoms with van der Waals surface area (Å²) in [6.45, 7) is 0.601. The lowest BCUT2D eigenvalue weighted by atomic mass is 10.0. The van der Waals surface area contributed by atoms with E-state index in [0.29, 0.717) is 30.2 Å². The van der Waals surface area contributed by atoms with Gasteiger partial charge in [-0.2, -0.15) is 0 Å². The van der Waals surface area contributed by atoms with Crippen LogP contribution in [-0.4, -0.2) is 26.8 Å². The molecule has 2 aromatic carbocycles. The van der Waals surface area contributed by atoms with Crippen LogP contribution in [0.2, 0.25) is 0 Å². The third kappa shape index (κ3) is 3.24. The molecular weight excluding hydrogens is 368 g/mol. The number of fused-ring (bicyclic) bond motifs is 1. The van der Waals surface area contributed by atoms with Gasteiger partial charge in [-0.05, 0) is 41.8 Å². The van der Waals surface area contributed by atoms with Crippen molar-refractivity contribution in [2.24, 2.45) is 0 Å². The molecule has 0 saturated heterocycles. The van der Waals surface area contributed by atoms with Crippen molar-refractivity contribution in [2.45, 2.75) is 25.4 Å². The monoisotopic (exact) mass is 388 g/mol. The Morgan fingerprint density at radius 3 is 2.72 bits per heavy atom. The van der Waals surface area contributed by atoms with Crippen molar-refractivity contribution in [3.8, 4) is 11.6 Å². The number of rotatable bonds is 6. The van der Waals surface area contributed by atoms with Gasteiger partial charge >= 0.3 is 5.69 Å². The summed E-state index contributed by atoms with van der Waals surface area (Å²) < 4.78 is 8.54. The zero-order valence-corrected chi connectivity index (χ0v) is 15.7. The number of aromatic nitrogens is 3. The molecule has 0 bridgehead atoms. The van der Waals surface area contributed by atoms with E-state index >= 15 is 0 Å². The maximum atomic E-state index is 12.8. The van der Waals surface area contributed by atoms with E-state index in [2.05, 4.69) is 10.4 Å². The topological polar surface area (TPSA) is 82.1 Å². The summed E-state index contributed by atoms with van der Waals surface area (Å²) >= 11 is 0. The highest BCUT2D eigenvalue weighted by atomic mass is 16.3. The smallest absolute Gasteiger partial charge is 0.346 e. The molecule has 0 radical (unpaired) electrons. The van der Waals surface area contributed by atoms with Crippen LogP contribution in [-0.2, 0) is 6.54 Å². The molecule has 0 atom stereocenters. The van der Waals surface area contributed by atoms with E-state index in [-0.39, 0.29) is 17.6 Å². The van der Waals surface area contributed by atoms with Crippen molar-refractivity contribution in [3.63, 3.8) is 0 Å². The summed E-state index contributed by atoms with van der Waals surface area (Å²) in [7, 11) is 0. The van der Waals surface area contributed by atoms with E-state index in [1.165, 1.54) is 4.68 Å². The molecule has 1 amide bonds. The van der Waals surface area contributed by atoms with E-state index in [4.69, 9.17) is 4.42 Å². The lowest BCUT2D eigenvalue weighted by molar-refractivity contribution is 0.0953. The summed E-state index contributed by atoms with van der Waals surface area (Å²) in [4.78, 5) is 25.5. The molecule has 2 heterocycles. The number of benzene rings is 2. The highest BCUT2D eigenvalue weighted by Crippen LogP contribution is 2.36. The van der Waals surface area contributed by atoms with Crippen LogP contribution in [0.5, 0.6) is 0 Å². The van der Waals surface area contributed by atoms with Gasteiger partial charge in [0.25, 0.3) is 5.91 Å². The third-order valence-electron chi connectivity index (χ3n) is 5.17. The molecule has 2 aromatic heterocycles. The van der Waals surface area contributed by atoms with Crippen LogP contribution < -0.4 is 11.0 Å². The second-order valence-corrected chi connectivity index (χ2v) is 7.19. The summed E-state index contributed by atoms with van der Waals surface area (Å²) in [5.74, 6) is 0.957. The molecule has 0 spiro atoms. The van der Waals surface area contributed by atoms with Crippen LogP contribution in [0.1, 0.15) is 29.2 Å². The fourth-order valence-electron chi connectivity index (χ4n) is 3.60. The average molecular weight is 388 g/mol. The predicted molar refractivity (Wildman–Crippen MR) is 109 cm³/mol. The van der Waals surface area contributed by atoms with Crippen LogP contribution >= 0.6 is 0 Å². The highest BCUT2D eigenvalue weighted by molar-refractivity contribution is 6.06. The fraction of sp³-hybridized carbons (Fsp3) is 0.227. The second-order valence-electron chi connectivity index (χ2n) is 7.19. The first-order valence-corrected chi connectivity index (χ1v) is 9.71. The number of amides is 1. The van der Waals surface area contributed by atoms with Crippen LogP contribution in [0.25, 0.3) is 22.4 Å². The Bertz CT molecular complexity index is 1230. The summed E-state index contributed by atoms with van der Waals surface area (Å²) in [6, 6.07) is 17.2. The lowest BCUT2D eigenvalue weighted by Gasteiger charge is -2.08. The Morgan fingerprint density at radius 1 is 1.10 bits per heavy atom. The van der Waals surface area contributed by atoms with Crippen molar-refractivity contribution in [1.29, 1.82) is 0 Å². The highest BCUT2D eigenvalue weighted by Gasteiger charge is 2.31. The SMILES string of the molecule is O=C(NCCn1nc(-c2ccco2)n(C2CC2)c1=O)c1cccc2ccccc12. The van der Waals surface area contributed by atoms with Gasteiger partial charge in [-0.3, -0.25) is 9.36 Å². The van der Waals surface area contributed by atoms with Gasteiger partial charge in [-0.1, -0.05) is 36.4 Å². The van der Waals surface area contributed by atoms with Crippen molar-refractivity contribution in [1.82, 2.24) is 19.7 Å². The molecule has 4 aromatic rings.